The van der Waals surface area contributed by atoms with E-state index in [2.05, 4.69) is 33.7 Å². The van der Waals surface area contributed by atoms with Crippen molar-refractivity contribution in [3.05, 3.63) is 128 Å². The quantitative estimate of drug-likeness (QED) is 0.178. The second kappa shape index (κ2) is 12.7. The number of rotatable bonds is 7. The van der Waals surface area contributed by atoms with Crippen LogP contribution in [0, 0.1) is 21.8 Å². The smallest absolute Gasteiger partial charge is 0.338 e. The standard InChI is InChI=1S/C32H25ClIN3O4S/c1-4-40-31(39)27-19(3)36-32-37(28(27)22-11-5-18(2)6-12-22)30(38)26(42-32)14-23-13-24(33)15-25(34)29(23)41-17-21-9-7-20(16-35)8-10-21/h5-15,28H,4,17H2,1-3H3/b26-14-/t28-/m1/s1. The zero-order valence-corrected chi connectivity index (χ0v) is 26.7. The minimum atomic E-state index is -0.686. The molecule has 0 bridgehead atoms. The van der Waals surface area contributed by atoms with Crippen LogP contribution in [-0.2, 0) is 16.1 Å². The molecule has 0 fully saturated rings. The van der Waals surface area contributed by atoms with Crippen LogP contribution < -0.4 is 19.6 Å². The van der Waals surface area contributed by atoms with Crippen LogP contribution in [-0.4, -0.2) is 17.1 Å². The van der Waals surface area contributed by atoms with Gasteiger partial charge in [-0.1, -0.05) is 64.9 Å². The molecule has 7 nitrogen and oxygen atoms in total. The number of ether oxygens (including phenoxy) is 2. The summed E-state index contributed by atoms with van der Waals surface area (Å²) in [6.45, 7) is 5.96. The van der Waals surface area contributed by atoms with Gasteiger partial charge in [0.25, 0.3) is 5.56 Å². The number of thiazole rings is 1. The van der Waals surface area contributed by atoms with Crippen LogP contribution in [0.2, 0.25) is 5.02 Å². The first-order valence-electron chi connectivity index (χ1n) is 13.1. The number of fused-ring (bicyclic) bond motifs is 1. The SMILES string of the molecule is CCOC(=O)C1=C(C)N=c2s/c(=C\c3cc(Cl)cc(I)c3OCc3ccc(C#N)cc3)c(=O)n2[C@@H]1c1ccc(C)cc1. The summed E-state index contributed by atoms with van der Waals surface area (Å²) >= 11 is 9.83. The lowest BCUT2D eigenvalue weighted by Gasteiger charge is -2.24. The molecule has 0 saturated heterocycles. The van der Waals surface area contributed by atoms with E-state index in [4.69, 9.17) is 26.3 Å². The van der Waals surface area contributed by atoms with Crippen LogP contribution in [0.5, 0.6) is 5.75 Å². The van der Waals surface area contributed by atoms with Gasteiger partial charge in [-0.2, -0.15) is 5.26 Å². The topological polar surface area (TPSA) is 93.7 Å². The first kappa shape index (κ1) is 29.8. The maximum absolute atomic E-state index is 14.0. The second-order valence-corrected chi connectivity index (χ2v) is 12.2. The van der Waals surface area contributed by atoms with E-state index in [1.165, 1.54) is 11.3 Å². The number of nitriles is 1. The summed E-state index contributed by atoms with van der Waals surface area (Å²) in [6.07, 6.45) is 1.75. The Bertz CT molecular complexity index is 1940. The molecule has 1 aliphatic rings. The Hall–Kier alpha value is -3.72. The number of halogens is 2. The molecule has 1 aliphatic heterocycles. The van der Waals surface area contributed by atoms with Gasteiger partial charge in [-0.15, -0.1) is 0 Å². The van der Waals surface area contributed by atoms with Gasteiger partial charge in [-0.25, -0.2) is 9.79 Å². The van der Waals surface area contributed by atoms with Gasteiger partial charge < -0.3 is 9.47 Å². The monoisotopic (exact) mass is 709 g/mol. The molecular formula is C32H25ClIN3O4S. The third-order valence-electron chi connectivity index (χ3n) is 6.70. The summed E-state index contributed by atoms with van der Waals surface area (Å²) in [4.78, 5) is 32.3. The zero-order valence-electron chi connectivity index (χ0n) is 23.0. The van der Waals surface area contributed by atoms with Gasteiger partial charge in [0.15, 0.2) is 4.80 Å². The Morgan fingerprint density at radius 2 is 1.88 bits per heavy atom. The highest BCUT2D eigenvalue weighted by atomic mass is 127. The molecular weight excluding hydrogens is 685 g/mol. The summed E-state index contributed by atoms with van der Waals surface area (Å²) in [5.41, 5.74) is 4.51. The Morgan fingerprint density at radius 1 is 1.17 bits per heavy atom. The van der Waals surface area contributed by atoms with Crippen molar-refractivity contribution in [2.75, 3.05) is 6.61 Å². The Balaban J connectivity index is 1.62. The van der Waals surface area contributed by atoms with Crippen LogP contribution in [0.25, 0.3) is 6.08 Å². The van der Waals surface area contributed by atoms with Crippen LogP contribution in [0.3, 0.4) is 0 Å². The van der Waals surface area contributed by atoms with Gasteiger partial charge in [0.2, 0.25) is 0 Å². The predicted molar refractivity (Wildman–Crippen MR) is 171 cm³/mol. The highest BCUT2D eigenvalue weighted by molar-refractivity contribution is 14.1. The number of benzene rings is 3. The molecule has 10 heteroatoms. The van der Waals surface area contributed by atoms with Gasteiger partial charge in [0.1, 0.15) is 12.4 Å². The summed E-state index contributed by atoms with van der Waals surface area (Å²) in [5.74, 6) is 0.0789. The van der Waals surface area contributed by atoms with Crippen molar-refractivity contribution in [3.8, 4) is 11.8 Å². The molecule has 0 radical (unpaired) electrons. The first-order chi connectivity index (χ1) is 20.2. The normalized spacial score (nSPS) is 14.7. The van der Waals surface area contributed by atoms with Gasteiger partial charge in [-0.05, 0) is 84.8 Å². The summed E-state index contributed by atoms with van der Waals surface area (Å²) < 4.78 is 14.4. The average molecular weight is 710 g/mol. The third-order valence-corrected chi connectivity index (χ3v) is 8.70. The van der Waals surface area contributed by atoms with Crippen molar-refractivity contribution >= 4 is 57.6 Å². The molecule has 0 amide bonds. The first-order valence-corrected chi connectivity index (χ1v) is 15.3. The summed E-state index contributed by atoms with van der Waals surface area (Å²) in [6, 6.07) is 19.9. The number of aryl methyl sites for hydroxylation is 1. The zero-order chi connectivity index (χ0) is 30.0. The maximum Gasteiger partial charge on any atom is 0.338 e. The fourth-order valence-electron chi connectivity index (χ4n) is 4.67. The van der Waals surface area contributed by atoms with E-state index in [1.54, 1.807) is 48.8 Å². The van der Waals surface area contributed by atoms with Crippen LogP contribution in [0.4, 0.5) is 0 Å². The minimum absolute atomic E-state index is 0.208. The average Bonchev–Trinajstić information content (AvgIpc) is 3.26. The van der Waals surface area contributed by atoms with Crippen LogP contribution >= 0.6 is 45.5 Å². The highest BCUT2D eigenvalue weighted by Gasteiger charge is 2.33. The van der Waals surface area contributed by atoms with E-state index in [9.17, 15) is 9.59 Å². The lowest BCUT2D eigenvalue weighted by molar-refractivity contribution is -0.139. The number of esters is 1. The molecule has 42 heavy (non-hydrogen) atoms. The summed E-state index contributed by atoms with van der Waals surface area (Å²) in [7, 11) is 0. The molecule has 3 aromatic carbocycles. The Kier molecular flexibility index (Phi) is 8.96. The number of hydrogen-bond acceptors (Lipinski definition) is 7. The van der Waals surface area contributed by atoms with Gasteiger partial charge in [0.05, 0.1) is 43.7 Å². The number of allylic oxidation sites excluding steroid dienone is 1. The number of nitrogens with zero attached hydrogens (tertiary/aromatic N) is 3. The molecule has 5 rings (SSSR count). The lowest BCUT2D eigenvalue weighted by Crippen LogP contribution is -2.39. The molecule has 0 saturated carbocycles. The van der Waals surface area contributed by atoms with E-state index in [-0.39, 0.29) is 18.8 Å². The molecule has 0 N–H and O–H groups in total. The molecule has 0 unspecified atom stereocenters. The van der Waals surface area contributed by atoms with Gasteiger partial charge in [-0.3, -0.25) is 9.36 Å². The second-order valence-electron chi connectivity index (χ2n) is 9.62. The minimum Gasteiger partial charge on any atom is -0.487 e. The molecule has 4 aromatic rings. The fourth-order valence-corrected chi connectivity index (χ4v) is 6.92. The molecule has 2 heterocycles. The van der Waals surface area contributed by atoms with Crippen molar-refractivity contribution in [2.24, 2.45) is 4.99 Å². The van der Waals surface area contributed by atoms with Crippen molar-refractivity contribution in [1.82, 2.24) is 4.57 Å². The van der Waals surface area contributed by atoms with Gasteiger partial charge >= 0.3 is 5.97 Å². The number of carbonyl (C=O) groups is 1. The number of hydrogen-bond donors (Lipinski definition) is 0. The van der Waals surface area contributed by atoms with Gasteiger partial charge in [0, 0.05) is 10.6 Å². The van der Waals surface area contributed by atoms with E-state index in [0.717, 1.165) is 20.3 Å². The van der Waals surface area contributed by atoms with Crippen molar-refractivity contribution < 1.29 is 14.3 Å². The van der Waals surface area contributed by atoms with Crippen LogP contribution in [0.1, 0.15) is 47.7 Å². The molecule has 1 atom stereocenters. The van der Waals surface area contributed by atoms with E-state index in [0.29, 0.717) is 42.5 Å². The van der Waals surface area contributed by atoms with E-state index in [1.807, 2.05) is 43.3 Å². The number of carbonyl (C=O) groups excluding carboxylic acids is 1. The Morgan fingerprint density at radius 3 is 2.55 bits per heavy atom. The molecule has 212 valence electrons. The highest BCUT2D eigenvalue weighted by Crippen LogP contribution is 2.32. The lowest BCUT2D eigenvalue weighted by atomic mass is 9.95. The molecule has 0 aliphatic carbocycles. The maximum atomic E-state index is 14.0. The predicted octanol–water partition coefficient (Wildman–Crippen LogP) is 5.82. The number of aromatic nitrogens is 1. The van der Waals surface area contributed by atoms with Crippen LogP contribution in [0.15, 0.2) is 81.7 Å². The van der Waals surface area contributed by atoms with Crippen molar-refractivity contribution in [3.63, 3.8) is 0 Å². The van der Waals surface area contributed by atoms with Crippen molar-refractivity contribution in [2.45, 2.75) is 33.4 Å². The van der Waals surface area contributed by atoms with Crippen molar-refractivity contribution in [1.29, 1.82) is 5.26 Å². The third kappa shape index (κ3) is 6.07. The fraction of sp³-hybridized carbons (Fsp3) is 0.188. The molecule has 1 aromatic heterocycles. The largest absolute Gasteiger partial charge is 0.487 e. The molecule has 0 spiro atoms. The Labute approximate surface area is 265 Å². The van der Waals surface area contributed by atoms with E-state index >= 15 is 0 Å². The summed E-state index contributed by atoms with van der Waals surface area (Å²) in [5, 5.41) is 9.58. The van der Waals surface area contributed by atoms with E-state index < -0.39 is 12.0 Å².